The van der Waals surface area contributed by atoms with Gasteiger partial charge in [0.1, 0.15) is 5.82 Å². The average Bonchev–Trinajstić information content (AvgIpc) is 2.25. The quantitative estimate of drug-likeness (QED) is 0.805. The van der Waals surface area contributed by atoms with E-state index in [-0.39, 0.29) is 0 Å². The van der Waals surface area contributed by atoms with E-state index in [1.165, 1.54) is 0 Å². The maximum Gasteiger partial charge on any atom is 0.149 e. The first-order valence-electron chi connectivity index (χ1n) is 4.69. The molecule has 0 aliphatic heterocycles. The Labute approximate surface area is 121 Å². The Kier molecular flexibility index (Phi) is 3.91. The molecule has 1 aromatic carbocycles. The minimum Gasteiger partial charge on any atom is -0.397 e. The molecular formula is C11H8Br2ClN3. The Morgan fingerprint density at radius 1 is 1.24 bits per heavy atom. The fourth-order valence-electron chi connectivity index (χ4n) is 1.26. The maximum absolute atomic E-state index is 6.03. The number of nitrogens with zero attached hydrogens (tertiary/aromatic N) is 1. The van der Waals surface area contributed by atoms with E-state index in [1.54, 1.807) is 12.3 Å². The minimum atomic E-state index is 0.486. The van der Waals surface area contributed by atoms with Gasteiger partial charge in [0.2, 0.25) is 0 Å². The number of pyridine rings is 1. The zero-order valence-electron chi connectivity index (χ0n) is 8.55. The number of rotatable bonds is 2. The minimum absolute atomic E-state index is 0.486. The van der Waals surface area contributed by atoms with Crippen molar-refractivity contribution in [2.45, 2.75) is 0 Å². The summed E-state index contributed by atoms with van der Waals surface area (Å²) in [5, 5.41) is 3.61. The first-order valence-corrected chi connectivity index (χ1v) is 6.66. The molecule has 3 N–H and O–H groups in total. The second-order valence-corrected chi connectivity index (χ2v) is 5.53. The van der Waals surface area contributed by atoms with Crippen molar-refractivity contribution in [1.29, 1.82) is 0 Å². The molecule has 17 heavy (non-hydrogen) atoms. The SMILES string of the molecule is Nc1cnc(Nc2ccc(Br)cc2Br)c(Cl)c1. The molecule has 2 aromatic rings. The van der Waals surface area contributed by atoms with Crippen molar-refractivity contribution >= 4 is 60.7 Å². The number of hydrogen-bond donors (Lipinski definition) is 2. The summed E-state index contributed by atoms with van der Waals surface area (Å²) in [5.41, 5.74) is 7.00. The normalized spacial score (nSPS) is 10.3. The van der Waals surface area contributed by atoms with E-state index in [0.29, 0.717) is 16.5 Å². The molecule has 1 aromatic heterocycles. The maximum atomic E-state index is 6.03. The van der Waals surface area contributed by atoms with Crippen molar-refractivity contribution in [2.24, 2.45) is 0 Å². The highest BCUT2D eigenvalue weighted by Gasteiger charge is 2.05. The van der Waals surface area contributed by atoms with Crippen LogP contribution in [0.1, 0.15) is 0 Å². The van der Waals surface area contributed by atoms with Crippen molar-refractivity contribution in [3.8, 4) is 0 Å². The summed E-state index contributed by atoms with van der Waals surface area (Å²) in [6, 6.07) is 7.44. The molecule has 0 aliphatic carbocycles. The predicted octanol–water partition coefficient (Wildman–Crippen LogP) is 4.59. The van der Waals surface area contributed by atoms with Crippen LogP contribution in [0.15, 0.2) is 39.4 Å². The number of hydrogen-bond acceptors (Lipinski definition) is 3. The Morgan fingerprint density at radius 2 is 2.00 bits per heavy atom. The zero-order chi connectivity index (χ0) is 12.4. The lowest BCUT2D eigenvalue weighted by Gasteiger charge is -2.09. The lowest BCUT2D eigenvalue weighted by molar-refractivity contribution is 1.31. The molecule has 0 amide bonds. The highest BCUT2D eigenvalue weighted by atomic mass is 79.9. The summed E-state index contributed by atoms with van der Waals surface area (Å²) in [6.07, 6.45) is 1.56. The number of nitrogen functional groups attached to an aromatic ring is 1. The Balaban J connectivity index is 2.31. The molecular weight excluding hydrogens is 369 g/mol. The molecule has 0 saturated carbocycles. The van der Waals surface area contributed by atoms with Crippen LogP contribution in [0.3, 0.4) is 0 Å². The molecule has 0 fully saturated rings. The monoisotopic (exact) mass is 375 g/mol. The van der Waals surface area contributed by atoms with Crippen LogP contribution >= 0.6 is 43.5 Å². The molecule has 0 unspecified atom stereocenters. The Bertz CT molecular complexity index is 511. The smallest absolute Gasteiger partial charge is 0.149 e. The molecule has 0 saturated heterocycles. The number of nitrogens with one attached hydrogen (secondary N) is 1. The lowest BCUT2D eigenvalue weighted by atomic mass is 10.3. The van der Waals surface area contributed by atoms with Crippen molar-refractivity contribution < 1.29 is 0 Å². The molecule has 0 radical (unpaired) electrons. The highest BCUT2D eigenvalue weighted by Crippen LogP contribution is 2.31. The molecule has 0 aliphatic rings. The summed E-state index contributed by atoms with van der Waals surface area (Å²) < 4.78 is 1.91. The first kappa shape index (κ1) is 12.7. The Hall–Kier alpha value is -0.780. The van der Waals surface area contributed by atoms with Gasteiger partial charge < -0.3 is 11.1 Å². The Morgan fingerprint density at radius 3 is 2.65 bits per heavy atom. The molecule has 88 valence electrons. The summed E-state index contributed by atoms with van der Waals surface area (Å²) in [7, 11) is 0. The van der Waals surface area contributed by atoms with Crippen molar-refractivity contribution in [2.75, 3.05) is 11.1 Å². The van der Waals surface area contributed by atoms with Gasteiger partial charge in [0.25, 0.3) is 0 Å². The molecule has 2 rings (SSSR count). The topological polar surface area (TPSA) is 50.9 Å². The van der Waals surface area contributed by atoms with Gasteiger partial charge in [0.05, 0.1) is 22.6 Å². The van der Waals surface area contributed by atoms with Gasteiger partial charge in [-0.2, -0.15) is 0 Å². The van der Waals surface area contributed by atoms with Crippen LogP contribution < -0.4 is 11.1 Å². The van der Waals surface area contributed by atoms with Gasteiger partial charge >= 0.3 is 0 Å². The summed E-state index contributed by atoms with van der Waals surface area (Å²) in [5.74, 6) is 0.573. The van der Waals surface area contributed by atoms with Gasteiger partial charge in [-0.25, -0.2) is 4.98 Å². The second-order valence-electron chi connectivity index (χ2n) is 3.35. The summed E-state index contributed by atoms with van der Waals surface area (Å²) in [4.78, 5) is 4.14. The van der Waals surface area contributed by atoms with E-state index >= 15 is 0 Å². The summed E-state index contributed by atoms with van der Waals surface area (Å²) >= 11 is 12.9. The molecule has 0 atom stereocenters. The van der Waals surface area contributed by atoms with Gasteiger partial charge in [0, 0.05) is 8.95 Å². The van der Waals surface area contributed by atoms with E-state index in [9.17, 15) is 0 Å². The fourth-order valence-corrected chi connectivity index (χ4v) is 2.63. The van der Waals surface area contributed by atoms with Crippen molar-refractivity contribution in [1.82, 2.24) is 4.98 Å². The molecule has 3 nitrogen and oxygen atoms in total. The zero-order valence-corrected chi connectivity index (χ0v) is 12.5. The molecule has 0 spiro atoms. The number of aromatic nitrogens is 1. The number of benzene rings is 1. The van der Waals surface area contributed by atoms with Gasteiger partial charge in [-0.15, -0.1) is 0 Å². The van der Waals surface area contributed by atoms with Crippen LogP contribution in [-0.2, 0) is 0 Å². The van der Waals surface area contributed by atoms with E-state index < -0.39 is 0 Å². The third-order valence-corrected chi connectivity index (χ3v) is 3.48. The predicted molar refractivity (Wildman–Crippen MR) is 78.8 cm³/mol. The van der Waals surface area contributed by atoms with E-state index in [2.05, 4.69) is 42.2 Å². The first-order chi connectivity index (χ1) is 8.06. The molecule has 1 heterocycles. The van der Waals surface area contributed by atoms with E-state index in [1.807, 2.05) is 18.2 Å². The van der Waals surface area contributed by atoms with Gasteiger partial charge in [-0.1, -0.05) is 27.5 Å². The van der Waals surface area contributed by atoms with Crippen molar-refractivity contribution in [3.05, 3.63) is 44.4 Å². The summed E-state index contributed by atoms with van der Waals surface area (Å²) in [6.45, 7) is 0. The van der Waals surface area contributed by atoms with Crippen LogP contribution in [0.5, 0.6) is 0 Å². The van der Waals surface area contributed by atoms with Crippen LogP contribution in [0.25, 0.3) is 0 Å². The highest BCUT2D eigenvalue weighted by molar-refractivity contribution is 9.11. The third-order valence-electron chi connectivity index (χ3n) is 2.05. The number of anilines is 3. The van der Waals surface area contributed by atoms with E-state index in [0.717, 1.165) is 14.6 Å². The third kappa shape index (κ3) is 3.12. The van der Waals surface area contributed by atoms with Gasteiger partial charge in [-0.3, -0.25) is 0 Å². The van der Waals surface area contributed by atoms with Crippen molar-refractivity contribution in [3.63, 3.8) is 0 Å². The van der Waals surface area contributed by atoms with Crippen LogP contribution in [0.2, 0.25) is 5.02 Å². The number of nitrogens with two attached hydrogens (primary N) is 1. The second kappa shape index (κ2) is 5.25. The number of halogens is 3. The van der Waals surface area contributed by atoms with Crippen LogP contribution in [0.4, 0.5) is 17.2 Å². The van der Waals surface area contributed by atoms with Gasteiger partial charge in [0.15, 0.2) is 0 Å². The standard InChI is InChI=1S/C11H8Br2ClN3/c12-6-1-2-10(8(13)3-6)17-11-9(14)4-7(15)5-16-11/h1-5H,15H2,(H,16,17). The molecule has 6 heteroatoms. The van der Waals surface area contributed by atoms with Gasteiger partial charge in [-0.05, 0) is 40.2 Å². The lowest BCUT2D eigenvalue weighted by Crippen LogP contribution is -1.96. The van der Waals surface area contributed by atoms with E-state index in [4.69, 9.17) is 17.3 Å². The average molecular weight is 377 g/mol. The van der Waals surface area contributed by atoms with Crippen LogP contribution in [0, 0.1) is 0 Å². The fraction of sp³-hybridized carbons (Fsp3) is 0. The molecule has 0 bridgehead atoms. The largest absolute Gasteiger partial charge is 0.397 e. The van der Waals surface area contributed by atoms with Crippen LogP contribution in [-0.4, -0.2) is 4.98 Å².